The van der Waals surface area contributed by atoms with Crippen LogP contribution in [0.5, 0.6) is 28.7 Å². The molecule has 0 radical (unpaired) electrons. The molecule has 0 bridgehead atoms. The topological polar surface area (TPSA) is 531 Å². The van der Waals surface area contributed by atoms with E-state index < -0.39 is 47.2 Å². The number of carbonyl (C=O) groups is 9. The zero-order valence-corrected chi connectivity index (χ0v) is 73.0. The highest BCUT2D eigenvalue weighted by Crippen LogP contribution is 2.40. The summed E-state index contributed by atoms with van der Waals surface area (Å²) >= 11 is 14.1. The van der Waals surface area contributed by atoms with E-state index in [-0.39, 0.29) is 88.5 Å². The molecular formula is C87H74ClN15O22S3-6. The third-order valence-electron chi connectivity index (χ3n) is 19.2. The van der Waals surface area contributed by atoms with Crippen molar-refractivity contribution in [1.82, 2.24) is 73.6 Å². The fraction of sp³-hybridized carbons (Fsp3) is 0.218. The molecule has 11 heterocycles. The Hall–Kier alpha value is -15.3. The Kier molecular flexibility index (Phi) is 29.9. The number of hydrogen-bond donors (Lipinski definition) is 2. The molecule has 2 aliphatic rings. The molecule has 41 heteroatoms. The molecule has 0 saturated carbocycles. The first kappa shape index (κ1) is 93.4. The highest BCUT2D eigenvalue weighted by molar-refractivity contribution is 7.71. The van der Waals surface area contributed by atoms with Crippen LogP contribution in [0.25, 0.3) is 77.3 Å². The van der Waals surface area contributed by atoms with Gasteiger partial charge in [-0.1, -0.05) is 63.1 Å². The minimum atomic E-state index is -1.41. The van der Waals surface area contributed by atoms with Gasteiger partial charge in [0.25, 0.3) is 11.3 Å². The number of aromatic nitrogens is 15. The molecule has 4 aromatic carbocycles. The molecule has 10 aromatic heterocycles. The van der Waals surface area contributed by atoms with Crippen molar-refractivity contribution in [3.63, 3.8) is 0 Å². The first-order chi connectivity index (χ1) is 61.1. The van der Waals surface area contributed by atoms with Crippen molar-refractivity contribution < 1.29 is 102 Å². The van der Waals surface area contributed by atoms with Gasteiger partial charge in [0, 0.05) is 75.7 Å². The van der Waals surface area contributed by atoms with Gasteiger partial charge >= 0.3 is 5.97 Å². The highest BCUT2D eigenvalue weighted by atomic mass is 35.5. The molecule has 1 aliphatic carbocycles. The summed E-state index contributed by atoms with van der Waals surface area (Å²) in [6, 6.07) is 33.9. The number of Topliss-reactive ketones (excluding diaryl/α,β-unsaturated/α-hetero) is 2. The van der Waals surface area contributed by atoms with Gasteiger partial charge in [-0.2, -0.15) is 24.8 Å². The first-order valence-electron chi connectivity index (χ1n) is 38.3. The number of aromatic carboxylic acids is 4. The first-order valence-corrected chi connectivity index (χ1v) is 40.8. The Balaban J connectivity index is 0.000000149. The largest absolute Gasteiger partial charge is 0.550 e. The van der Waals surface area contributed by atoms with Crippen LogP contribution in [0.2, 0.25) is 5.02 Å². The van der Waals surface area contributed by atoms with Crippen molar-refractivity contribution in [2.24, 2.45) is 5.41 Å². The molecule has 16 rings (SSSR count). The van der Waals surface area contributed by atoms with Crippen LogP contribution < -0.4 is 59.9 Å². The van der Waals surface area contributed by atoms with E-state index in [2.05, 4.69) is 55.3 Å². The molecule has 0 saturated heterocycles. The van der Waals surface area contributed by atoms with Gasteiger partial charge < -0.3 is 92.8 Å². The number of pyridine rings is 2. The number of ether oxygens (including phenoxy) is 6. The van der Waals surface area contributed by atoms with Crippen LogP contribution in [0.1, 0.15) is 129 Å². The SMILES string of the molecule is CC(=O)c1sc2ncn(CC(C)(C)C(=O)[O-])c(=O)c2c1C.CCCC1=C(C(=O)OCC)CC(C(C)=O)=C1C(=O)[O-].COc1ccc(-n2nc(C(=O)[O-])cc2-c2cccs2)cc1Cl.COc1ccc(OC)c(-c2cc(C(=O)[O-])c3[nH]c(C)nc3n2)c1.O=C([O-])c1cc(-c2ccc3c(c2)OCO3)nc2ncnn12.O=C([O-])c1cccc(Cn2c(-c3ccncc3)n[nH]c2=S)c1. The number of aliphatic carboxylic acids is 2. The minimum Gasteiger partial charge on any atom is -0.550 e. The number of nitrogens with zero attached hydrogens (tertiary/aromatic N) is 13. The van der Waals surface area contributed by atoms with Gasteiger partial charge in [-0.25, -0.2) is 29.4 Å². The lowest BCUT2D eigenvalue weighted by molar-refractivity contribution is -0.318. The van der Waals surface area contributed by atoms with E-state index in [1.807, 2.05) is 42.6 Å². The number of H-pyrrole nitrogens is 2. The van der Waals surface area contributed by atoms with Gasteiger partial charge in [-0.05, 0) is 178 Å². The quantitative estimate of drug-likeness (QED) is 0.0362. The Morgan fingerprint density at radius 1 is 0.719 bits per heavy atom. The third-order valence-corrected chi connectivity index (χ3v) is 22.0. The smallest absolute Gasteiger partial charge is 0.334 e. The molecule has 660 valence electrons. The Morgan fingerprint density at radius 2 is 1.45 bits per heavy atom. The lowest BCUT2D eigenvalue weighted by Crippen LogP contribution is -2.42. The normalized spacial score (nSPS) is 11.8. The zero-order valence-electron chi connectivity index (χ0n) is 69.8. The van der Waals surface area contributed by atoms with Crippen molar-refractivity contribution in [3.8, 4) is 78.9 Å². The number of imidazole rings is 1. The number of carboxylic acids is 6. The van der Waals surface area contributed by atoms with Crippen LogP contribution in [-0.2, 0) is 37.0 Å². The van der Waals surface area contributed by atoms with Gasteiger partial charge in [0.05, 0.1) is 125 Å². The van der Waals surface area contributed by atoms with Crippen molar-refractivity contribution in [3.05, 3.63) is 239 Å². The van der Waals surface area contributed by atoms with Crippen molar-refractivity contribution in [2.45, 2.75) is 87.7 Å². The van der Waals surface area contributed by atoms with Crippen molar-refractivity contribution in [1.29, 1.82) is 0 Å². The summed E-state index contributed by atoms with van der Waals surface area (Å²) in [4.78, 5) is 144. The molecule has 1 aliphatic heterocycles. The number of aryl methyl sites for hydroxylation is 2. The van der Waals surface area contributed by atoms with E-state index in [9.17, 15) is 78.6 Å². The number of hydrogen-bond acceptors (Lipinski definition) is 34. The summed E-state index contributed by atoms with van der Waals surface area (Å²) in [7, 11) is 4.61. The highest BCUT2D eigenvalue weighted by Gasteiger charge is 2.32. The second-order valence-electron chi connectivity index (χ2n) is 28.3. The standard InChI is InChI=1S/C16H15N3O4.C15H11ClN2O3S.C15H12N4O2S.C14H16N2O4S.C14H18O5.C13H8N4O4/c1-8-17-14-11(16(20)21)7-12(19-15(14)18-8)10-6-9(22-2)4-5-13(10)23-3;1-21-13-5-4-9(7-10(13)16)18-12(14-3-2-6-22-14)8-11(17-18)15(19)20;20-14(21)12-3-1-2-10(8-12)9-19-13(17-18-15(19)22)11-4-6-16-7-5-11;1-7-9-11(21-10(7)8(2)17)15-6-16(12(9)18)5-14(3,4)13(19)20;1-4-6-9-11(14(18)19-5-2)7-10(8(3)15)12(9)13(16)17;18-12(19)9-4-8(16-13-14-5-15-17(9)13)7-1-2-10-11(3-7)21-6-20-10/h4-7H,1-3H3,(H,20,21)(H,17,18,19);2-8H,1H3,(H,19,20);1-8H,9H2,(H,18,22)(H,20,21);6H,5H2,1-4H3,(H,19,20);4-7H2,1-3H3,(H,16,17);1-5H,6H2,(H,18,19)/p-6. The molecule has 0 unspecified atom stereocenters. The number of allylic oxidation sites excluding steroid dienone is 1. The molecule has 0 fully saturated rings. The summed E-state index contributed by atoms with van der Waals surface area (Å²) in [6.07, 6.45) is 7.00. The second-order valence-corrected chi connectivity index (χ2v) is 31.0. The van der Waals surface area contributed by atoms with E-state index in [4.69, 9.17) is 52.2 Å². The van der Waals surface area contributed by atoms with E-state index in [0.29, 0.717) is 141 Å². The third kappa shape index (κ3) is 21.4. The molecule has 128 heavy (non-hydrogen) atoms. The van der Waals surface area contributed by atoms with E-state index in [1.165, 1.54) is 111 Å². The van der Waals surface area contributed by atoms with E-state index in [1.54, 1.807) is 112 Å². The number of halogens is 1. The average Bonchev–Trinajstić information content (AvgIpc) is 1.62. The average molecular weight is 1810 g/mol. The van der Waals surface area contributed by atoms with Crippen molar-refractivity contribution in [2.75, 3.05) is 34.7 Å². The molecule has 37 nitrogen and oxygen atoms in total. The number of aromatic amines is 2. The fourth-order valence-electron chi connectivity index (χ4n) is 13.1. The molecular weight excluding hydrogens is 1740 g/mol. The number of nitrogens with one attached hydrogen (secondary N) is 2. The van der Waals surface area contributed by atoms with Gasteiger partial charge in [0.2, 0.25) is 6.79 Å². The number of thiophene rings is 2. The summed E-state index contributed by atoms with van der Waals surface area (Å²) in [5, 5.41) is 84.6. The van der Waals surface area contributed by atoms with Crippen LogP contribution in [0.15, 0.2) is 179 Å². The predicted molar refractivity (Wildman–Crippen MR) is 455 cm³/mol. The molecule has 0 atom stereocenters. The monoisotopic (exact) mass is 1810 g/mol. The van der Waals surface area contributed by atoms with Gasteiger partial charge in [-0.15, -0.1) is 22.7 Å². The lowest BCUT2D eigenvalue weighted by atomic mass is 9.94. The van der Waals surface area contributed by atoms with Gasteiger partial charge in [0.15, 0.2) is 39.3 Å². The van der Waals surface area contributed by atoms with Crippen LogP contribution in [-0.4, -0.2) is 162 Å². The number of methoxy groups -OCH3 is 3. The maximum atomic E-state index is 12.5. The fourth-order valence-corrected chi connectivity index (χ4v) is 15.3. The molecule has 0 spiro atoms. The Labute approximate surface area is 743 Å². The Morgan fingerprint density at radius 3 is 2.09 bits per heavy atom. The van der Waals surface area contributed by atoms with Crippen LogP contribution in [0, 0.1) is 24.0 Å². The maximum absolute atomic E-state index is 12.5. The Bertz CT molecular complexity index is 6840. The minimum absolute atomic E-state index is 0.00419. The lowest BCUT2D eigenvalue weighted by Gasteiger charge is -2.26. The number of ketones is 2. The number of rotatable bonds is 24. The maximum Gasteiger partial charge on any atom is 0.334 e. The van der Waals surface area contributed by atoms with E-state index in [0.717, 1.165) is 20.5 Å². The van der Waals surface area contributed by atoms with Gasteiger partial charge in [0.1, 0.15) is 39.9 Å². The number of carbonyl (C=O) groups excluding carboxylic acids is 9. The van der Waals surface area contributed by atoms with E-state index >= 15 is 0 Å². The number of fused-ring (bicyclic) bond motifs is 4. The van der Waals surface area contributed by atoms with Crippen LogP contribution >= 0.6 is 46.5 Å². The predicted octanol–water partition coefficient (Wildman–Crippen LogP) is 6.67. The molecule has 0 amide bonds. The summed E-state index contributed by atoms with van der Waals surface area (Å²) < 4.78 is 37.3. The summed E-state index contributed by atoms with van der Waals surface area (Å²) in [5.74, 6) is -4.49. The molecule has 14 aromatic rings. The summed E-state index contributed by atoms with van der Waals surface area (Å²) in [6.45, 7) is 13.4. The zero-order chi connectivity index (χ0) is 92.7. The number of carboxylic acid groups (broad SMARTS) is 6. The van der Waals surface area contributed by atoms with Crippen molar-refractivity contribution >= 4 is 127 Å². The summed E-state index contributed by atoms with van der Waals surface area (Å²) in [5.41, 5.74) is 5.39. The van der Waals surface area contributed by atoms with Crippen LogP contribution in [0.4, 0.5) is 0 Å². The number of benzene rings is 4. The molecule has 2 N–H and O–H groups in total. The van der Waals surface area contributed by atoms with Gasteiger partial charge in [-0.3, -0.25) is 33.6 Å². The number of esters is 1. The second kappa shape index (κ2) is 41.0. The van der Waals surface area contributed by atoms with Crippen LogP contribution in [0.3, 0.4) is 0 Å².